The van der Waals surface area contributed by atoms with Gasteiger partial charge in [-0.3, -0.25) is 0 Å². The fraction of sp³-hybridized carbons (Fsp3) is 0.556. The Balaban J connectivity index is 2.12. The normalized spacial score (nSPS) is 24.9. The largest absolute Gasteiger partial charge is 0.465 e. The quantitative estimate of drug-likeness (QED) is 0.836. The second kappa shape index (κ2) is 3.82. The molecule has 72 valence electrons. The van der Waals surface area contributed by atoms with Gasteiger partial charge in [-0.05, 0) is 41.4 Å². The maximum atomic E-state index is 9.90. The summed E-state index contributed by atoms with van der Waals surface area (Å²) in [5.41, 5.74) is 0. The van der Waals surface area contributed by atoms with Crippen molar-refractivity contribution < 1.29 is 9.52 Å². The average Bonchev–Trinajstić information content (AvgIpc) is 2.72. The minimum absolute atomic E-state index is 0.141. The molecule has 13 heavy (non-hydrogen) atoms. The van der Waals surface area contributed by atoms with Crippen molar-refractivity contribution in [1.29, 1.82) is 0 Å². The van der Waals surface area contributed by atoms with E-state index in [1.807, 2.05) is 0 Å². The van der Waals surface area contributed by atoms with Gasteiger partial charge in [0.25, 0.3) is 0 Å². The molecule has 0 bridgehead atoms. The van der Waals surface area contributed by atoms with Crippen LogP contribution in [0.1, 0.15) is 24.7 Å². The van der Waals surface area contributed by atoms with Crippen molar-refractivity contribution in [2.24, 2.45) is 0 Å². The number of furan rings is 1. The zero-order valence-electron chi connectivity index (χ0n) is 7.16. The zero-order chi connectivity index (χ0) is 9.26. The van der Waals surface area contributed by atoms with Crippen LogP contribution < -0.4 is 5.32 Å². The first-order chi connectivity index (χ1) is 6.29. The molecular weight excluding hydrogens is 234 g/mol. The summed E-state index contributed by atoms with van der Waals surface area (Å²) >= 11 is 3.33. The van der Waals surface area contributed by atoms with Crippen molar-refractivity contribution in [3.8, 4) is 0 Å². The van der Waals surface area contributed by atoms with Crippen LogP contribution in [0.15, 0.2) is 21.2 Å². The van der Waals surface area contributed by atoms with Crippen LogP contribution in [0.2, 0.25) is 0 Å². The van der Waals surface area contributed by atoms with Crippen molar-refractivity contribution in [3.63, 3.8) is 0 Å². The molecule has 3 nitrogen and oxygen atoms in total. The maximum Gasteiger partial charge on any atom is 0.147 e. The van der Waals surface area contributed by atoms with Gasteiger partial charge in [0.1, 0.15) is 11.9 Å². The molecule has 4 heteroatoms. The lowest BCUT2D eigenvalue weighted by molar-refractivity contribution is 0.112. The molecule has 1 saturated heterocycles. The molecule has 2 rings (SSSR count). The lowest BCUT2D eigenvalue weighted by atomic mass is 10.1. The Morgan fingerprint density at radius 1 is 1.69 bits per heavy atom. The summed E-state index contributed by atoms with van der Waals surface area (Å²) in [4.78, 5) is 0. The van der Waals surface area contributed by atoms with Gasteiger partial charge < -0.3 is 14.8 Å². The highest BCUT2D eigenvalue weighted by atomic mass is 79.9. The number of hydrogen-bond acceptors (Lipinski definition) is 3. The summed E-state index contributed by atoms with van der Waals surface area (Å²) in [6.07, 6.45) is 3.18. The fourth-order valence-electron chi connectivity index (χ4n) is 1.68. The van der Waals surface area contributed by atoms with Crippen molar-refractivity contribution in [3.05, 3.63) is 22.6 Å². The summed E-state index contributed by atoms with van der Waals surface area (Å²) in [6.45, 7) is 0.986. The highest BCUT2D eigenvalue weighted by molar-refractivity contribution is 9.10. The van der Waals surface area contributed by atoms with Crippen molar-refractivity contribution >= 4 is 15.9 Å². The van der Waals surface area contributed by atoms with E-state index in [4.69, 9.17) is 4.42 Å². The van der Waals surface area contributed by atoms with E-state index in [0.717, 1.165) is 23.9 Å². The second-order valence-corrected chi connectivity index (χ2v) is 4.13. The molecule has 0 aliphatic carbocycles. The Hall–Kier alpha value is -0.320. The maximum absolute atomic E-state index is 9.90. The fourth-order valence-corrected chi connectivity index (χ4v) is 2.12. The first-order valence-corrected chi connectivity index (χ1v) is 5.22. The third-order valence-electron chi connectivity index (χ3n) is 2.39. The van der Waals surface area contributed by atoms with Gasteiger partial charge in [0, 0.05) is 6.04 Å². The Morgan fingerprint density at radius 2 is 2.54 bits per heavy atom. The Kier molecular flexibility index (Phi) is 2.71. The molecule has 2 atom stereocenters. The molecule has 1 aromatic heterocycles. The molecule has 2 heterocycles. The van der Waals surface area contributed by atoms with E-state index in [9.17, 15) is 5.11 Å². The number of hydrogen-bond donors (Lipinski definition) is 2. The number of aliphatic hydroxyl groups is 1. The van der Waals surface area contributed by atoms with Gasteiger partial charge in [0.2, 0.25) is 0 Å². The first-order valence-electron chi connectivity index (χ1n) is 4.43. The van der Waals surface area contributed by atoms with Crippen molar-refractivity contribution in [1.82, 2.24) is 5.32 Å². The summed E-state index contributed by atoms with van der Waals surface area (Å²) in [7, 11) is 0. The van der Waals surface area contributed by atoms with E-state index in [-0.39, 0.29) is 6.04 Å². The van der Waals surface area contributed by atoms with Crippen LogP contribution in [0.4, 0.5) is 0 Å². The molecule has 0 spiro atoms. The van der Waals surface area contributed by atoms with Crippen molar-refractivity contribution in [2.45, 2.75) is 25.0 Å². The summed E-state index contributed by atoms with van der Waals surface area (Å²) < 4.78 is 6.04. The molecule has 1 aliphatic heterocycles. The van der Waals surface area contributed by atoms with Crippen LogP contribution in [0, 0.1) is 0 Å². The molecule has 1 unspecified atom stereocenters. The Morgan fingerprint density at radius 3 is 3.08 bits per heavy atom. The van der Waals surface area contributed by atoms with E-state index in [0.29, 0.717) is 5.76 Å². The van der Waals surface area contributed by atoms with E-state index < -0.39 is 6.10 Å². The minimum atomic E-state index is -0.535. The molecular formula is C9H12BrNO2. The van der Waals surface area contributed by atoms with Gasteiger partial charge in [-0.1, -0.05) is 0 Å². The van der Waals surface area contributed by atoms with Crippen LogP contribution >= 0.6 is 15.9 Å². The van der Waals surface area contributed by atoms with E-state index in [1.165, 1.54) is 0 Å². The highest BCUT2D eigenvalue weighted by Gasteiger charge is 2.27. The molecule has 0 saturated carbocycles. The lowest BCUT2D eigenvalue weighted by Crippen LogP contribution is -2.28. The SMILES string of the molecule is OC(c1occc1Br)[C@@H]1CCCN1. The highest BCUT2D eigenvalue weighted by Crippen LogP contribution is 2.29. The summed E-state index contributed by atoms with van der Waals surface area (Å²) in [6, 6.07) is 1.94. The molecule has 1 aromatic rings. The third-order valence-corrected chi connectivity index (χ3v) is 3.05. The Labute approximate surface area is 85.3 Å². The van der Waals surface area contributed by atoms with Gasteiger partial charge in [0.05, 0.1) is 10.7 Å². The predicted molar refractivity (Wildman–Crippen MR) is 52.4 cm³/mol. The second-order valence-electron chi connectivity index (χ2n) is 3.28. The first kappa shape index (κ1) is 9.24. The lowest BCUT2D eigenvalue weighted by Gasteiger charge is -2.16. The van der Waals surface area contributed by atoms with Crippen LogP contribution in [-0.4, -0.2) is 17.7 Å². The number of halogens is 1. The molecule has 0 aromatic carbocycles. The zero-order valence-corrected chi connectivity index (χ0v) is 8.75. The smallest absolute Gasteiger partial charge is 0.147 e. The molecule has 0 radical (unpaired) electrons. The predicted octanol–water partition coefficient (Wildman–Crippen LogP) is 1.83. The topological polar surface area (TPSA) is 45.4 Å². The van der Waals surface area contributed by atoms with Gasteiger partial charge in [-0.25, -0.2) is 0 Å². The monoisotopic (exact) mass is 245 g/mol. The van der Waals surface area contributed by atoms with Crippen LogP contribution in [-0.2, 0) is 0 Å². The average molecular weight is 246 g/mol. The van der Waals surface area contributed by atoms with Gasteiger partial charge in [-0.15, -0.1) is 0 Å². The third kappa shape index (κ3) is 1.80. The van der Waals surface area contributed by atoms with Gasteiger partial charge >= 0.3 is 0 Å². The summed E-state index contributed by atoms with van der Waals surface area (Å²) in [5.74, 6) is 0.624. The Bertz CT molecular complexity index is 281. The van der Waals surface area contributed by atoms with Crippen LogP contribution in [0.3, 0.4) is 0 Å². The number of aliphatic hydroxyl groups excluding tert-OH is 1. The molecule has 0 amide bonds. The van der Waals surface area contributed by atoms with Gasteiger partial charge in [-0.2, -0.15) is 0 Å². The molecule has 2 N–H and O–H groups in total. The van der Waals surface area contributed by atoms with E-state index >= 15 is 0 Å². The van der Waals surface area contributed by atoms with Crippen molar-refractivity contribution in [2.75, 3.05) is 6.54 Å². The van der Waals surface area contributed by atoms with E-state index in [1.54, 1.807) is 12.3 Å². The van der Waals surface area contributed by atoms with Gasteiger partial charge in [0.15, 0.2) is 0 Å². The van der Waals surface area contributed by atoms with Crippen LogP contribution in [0.25, 0.3) is 0 Å². The number of rotatable bonds is 2. The molecule has 1 fully saturated rings. The number of nitrogens with one attached hydrogen (secondary N) is 1. The summed E-state index contributed by atoms with van der Waals surface area (Å²) in [5, 5.41) is 13.1. The minimum Gasteiger partial charge on any atom is -0.465 e. The molecule has 1 aliphatic rings. The standard InChI is InChI=1S/C9H12BrNO2/c10-6-3-5-13-9(6)8(12)7-2-1-4-11-7/h3,5,7-8,11-12H,1-2,4H2/t7-,8?/m0/s1. The van der Waals surface area contributed by atoms with Crippen LogP contribution in [0.5, 0.6) is 0 Å². The van der Waals surface area contributed by atoms with E-state index in [2.05, 4.69) is 21.2 Å².